The Bertz CT molecular complexity index is 896. The van der Waals surface area contributed by atoms with Gasteiger partial charge in [0.25, 0.3) is 5.56 Å². The van der Waals surface area contributed by atoms with Crippen LogP contribution >= 0.6 is 11.3 Å². The zero-order valence-corrected chi connectivity index (χ0v) is 15.9. The van der Waals surface area contributed by atoms with Crippen molar-refractivity contribution in [1.29, 1.82) is 0 Å². The van der Waals surface area contributed by atoms with Gasteiger partial charge < -0.3 is 4.90 Å². The quantitative estimate of drug-likeness (QED) is 0.820. The van der Waals surface area contributed by atoms with Crippen molar-refractivity contribution >= 4 is 27.3 Å². The average molecular weight is 383 g/mol. The summed E-state index contributed by atoms with van der Waals surface area (Å²) < 4.78 is 28.2. The highest BCUT2D eigenvalue weighted by Crippen LogP contribution is 2.23. The summed E-state index contributed by atoms with van der Waals surface area (Å²) in [4.78, 5) is 21.7. The molecule has 0 aromatic carbocycles. The maximum atomic E-state index is 12.5. The first kappa shape index (κ1) is 18.1. The first-order chi connectivity index (χ1) is 11.9. The predicted octanol–water partition coefficient (Wildman–Crippen LogP) is 1.65. The molecule has 25 heavy (non-hydrogen) atoms. The first-order valence-corrected chi connectivity index (χ1v) is 10.6. The summed E-state index contributed by atoms with van der Waals surface area (Å²) in [7, 11) is -3.47. The largest absolute Gasteiger partial charge is 0.342 e. The molecule has 1 aliphatic rings. The van der Waals surface area contributed by atoms with Crippen molar-refractivity contribution in [2.24, 2.45) is 0 Å². The van der Waals surface area contributed by atoms with Crippen LogP contribution in [0, 0.1) is 6.92 Å². The number of nitrogens with zero attached hydrogens (tertiary/aromatic N) is 2. The number of H-pyrrole nitrogens is 1. The van der Waals surface area contributed by atoms with E-state index in [9.17, 15) is 13.2 Å². The van der Waals surface area contributed by atoms with Crippen LogP contribution in [0.4, 0.5) is 5.95 Å². The van der Waals surface area contributed by atoms with E-state index < -0.39 is 10.0 Å². The lowest BCUT2D eigenvalue weighted by molar-refractivity contribution is 0.456. The molecule has 0 amide bonds. The lowest BCUT2D eigenvalue weighted by Crippen LogP contribution is -2.45. The molecule has 0 unspecified atom stereocenters. The Morgan fingerprint density at radius 1 is 1.36 bits per heavy atom. The third kappa shape index (κ3) is 4.28. The molecule has 1 aliphatic heterocycles. The van der Waals surface area contributed by atoms with Crippen LogP contribution in [0.3, 0.4) is 0 Å². The molecule has 3 heterocycles. The van der Waals surface area contributed by atoms with Gasteiger partial charge in [-0.05, 0) is 38.3 Å². The van der Waals surface area contributed by atoms with Crippen LogP contribution in [0.5, 0.6) is 0 Å². The Kier molecular flexibility index (Phi) is 5.26. The third-order valence-corrected chi connectivity index (χ3v) is 7.47. The Morgan fingerprint density at radius 3 is 2.68 bits per heavy atom. The summed E-state index contributed by atoms with van der Waals surface area (Å²) in [6.45, 7) is 5.08. The van der Waals surface area contributed by atoms with Gasteiger partial charge in [0.15, 0.2) is 0 Å². The van der Waals surface area contributed by atoms with E-state index in [1.165, 1.54) is 17.4 Å². The maximum Gasteiger partial charge on any atom is 0.252 e. The highest BCUT2D eigenvalue weighted by Gasteiger charge is 2.26. The molecule has 1 fully saturated rings. The molecule has 0 spiro atoms. The molecule has 136 valence electrons. The van der Waals surface area contributed by atoms with E-state index in [-0.39, 0.29) is 11.6 Å². The molecule has 2 aromatic rings. The second-order valence-corrected chi connectivity index (χ2v) is 9.28. The second-order valence-electron chi connectivity index (χ2n) is 6.17. The molecule has 0 saturated carbocycles. The fourth-order valence-corrected chi connectivity index (χ4v) is 5.51. The van der Waals surface area contributed by atoms with Gasteiger partial charge in [-0.2, -0.15) is 0 Å². The number of rotatable bonds is 5. The molecule has 1 saturated heterocycles. The Balaban J connectivity index is 1.63. The van der Waals surface area contributed by atoms with Gasteiger partial charge in [0.2, 0.25) is 16.0 Å². The van der Waals surface area contributed by atoms with Crippen LogP contribution in [0.15, 0.2) is 27.2 Å². The molecule has 3 rings (SSSR count). The first-order valence-electron chi connectivity index (χ1n) is 8.31. The Labute approximate surface area is 151 Å². The number of thiophene rings is 1. The summed E-state index contributed by atoms with van der Waals surface area (Å²) in [5.41, 5.74) is 0.501. The van der Waals surface area contributed by atoms with Crippen LogP contribution in [-0.4, -0.2) is 37.5 Å². The molecule has 0 atom stereocenters. The summed E-state index contributed by atoms with van der Waals surface area (Å²) in [5.74, 6) is 0.553. The lowest BCUT2D eigenvalue weighted by atomic mass is 10.1. The van der Waals surface area contributed by atoms with Gasteiger partial charge in [0, 0.05) is 35.8 Å². The predicted molar refractivity (Wildman–Crippen MR) is 98.8 cm³/mol. The topological polar surface area (TPSA) is 95.2 Å². The van der Waals surface area contributed by atoms with Crippen molar-refractivity contribution in [3.05, 3.63) is 39.1 Å². The van der Waals surface area contributed by atoms with Crippen molar-refractivity contribution in [3.8, 4) is 0 Å². The van der Waals surface area contributed by atoms with E-state index in [4.69, 9.17) is 0 Å². The summed E-state index contributed by atoms with van der Waals surface area (Å²) in [6, 6.07) is 4.88. The summed E-state index contributed by atoms with van der Waals surface area (Å²) >= 11 is 1.32. The Hall–Kier alpha value is -1.71. The van der Waals surface area contributed by atoms with Crippen LogP contribution in [0.25, 0.3) is 0 Å². The van der Waals surface area contributed by atoms with E-state index in [1.807, 2.05) is 17.9 Å². The minimum absolute atomic E-state index is 0.107. The van der Waals surface area contributed by atoms with Crippen molar-refractivity contribution < 1.29 is 8.42 Å². The standard InChI is InChI=1S/C16H22N4O3S2/c1-3-13-4-5-15(24-13)25(22,23)19-12-6-8-20(9-7-12)16-17-11(2)10-14(21)18-16/h4-5,10,12,19H,3,6-9H2,1-2H3,(H,17,18,21). The zero-order chi connectivity index (χ0) is 18.0. The minimum Gasteiger partial charge on any atom is -0.342 e. The average Bonchev–Trinajstić information content (AvgIpc) is 3.04. The van der Waals surface area contributed by atoms with Gasteiger partial charge in [0.05, 0.1) is 0 Å². The minimum atomic E-state index is -3.47. The fraction of sp³-hybridized carbons (Fsp3) is 0.500. The van der Waals surface area contributed by atoms with E-state index in [1.54, 1.807) is 13.0 Å². The molecule has 9 heteroatoms. The van der Waals surface area contributed by atoms with Gasteiger partial charge in [-0.3, -0.25) is 9.78 Å². The molecule has 0 bridgehead atoms. The highest BCUT2D eigenvalue weighted by molar-refractivity contribution is 7.91. The third-order valence-electron chi connectivity index (χ3n) is 4.22. The van der Waals surface area contributed by atoms with Crippen LogP contribution in [0.1, 0.15) is 30.3 Å². The molecular weight excluding hydrogens is 360 g/mol. The highest BCUT2D eigenvalue weighted by atomic mass is 32.2. The summed E-state index contributed by atoms with van der Waals surface area (Å²) in [5, 5.41) is 0. The Morgan fingerprint density at radius 2 is 2.08 bits per heavy atom. The molecule has 0 aliphatic carbocycles. The van der Waals surface area contributed by atoms with E-state index in [2.05, 4.69) is 14.7 Å². The number of piperidine rings is 1. The van der Waals surface area contributed by atoms with Gasteiger partial charge in [0.1, 0.15) is 4.21 Å². The number of sulfonamides is 1. The van der Waals surface area contributed by atoms with Gasteiger partial charge in [-0.1, -0.05) is 6.92 Å². The molecular formula is C16H22N4O3S2. The normalized spacial score (nSPS) is 16.3. The number of aromatic amines is 1. The van der Waals surface area contributed by atoms with Crippen LogP contribution in [0.2, 0.25) is 0 Å². The van der Waals surface area contributed by atoms with Crippen molar-refractivity contribution in [2.75, 3.05) is 18.0 Å². The number of nitrogens with one attached hydrogen (secondary N) is 2. The van der Waals surface area contributed by atoms with Crippen LogP contribution in [-0.2, 0) is 16.4 Å². The number of hydrogen-bond donors (Lipinski definition) is 2. The number of anilines is 1. The molecule has 7 nitrogen and oxygen atoms in total. The lowest BCUT2D eigenvalue weighted by Gasteiger charge is -2.32. The van der Waals surface area contributed by atoms with Crippen molar-refractivity contribution in [3.63, 3.8) is 0 Å². The van der Waals surface area contributed by atoms with Gasteiger partial charge >= 0.3 is 0 Å². The van der Waals surface area contributed by atoms with Crippen molar-refractivity contribution in [2.45, 2.75) is 43.4 Å². The number of aryl methyl sites for hydroxylation is 2. The SMILES string of the molecule is CCc1ccc(S(=O)(=O)NC2CCN(c3nc(C)cc(=O)[nH]3)CC2)s1. The monoisotopic (exact) mass is 382 g/mol. The number of aromatic nitrogens is 2. The molecule has 2 aromatic heterocycles. The smallest absolute Gasteiger partial charge is 0.252 e. The number of hydrogen-bond acceptors (Lipinski definition) is 6. The van der Waals surface area contributed by atoms with Crippen LogP contribution < -0.4 is 15.2 Å². The van der Waals surface area contributed by atoms with Gasteiger partial charge in [-0.25, -0.2) is 18.1 Å². The van der Waals surface area contributed by atoms with E-state index >= 15 is 0 Å². The second kappa shape index (κ2) is 7.27. The molecule has 0 radical (unpaired) electrons. The zero-order valence-electron chi connectivity index (χ0n) is 14.3. The fourth-order valence-electron chi connectivity index (χ4n) is 2.89. The molecule has 2 N–H and O–H groups in total. The van der Waals surface area contributed by atoms with E-state index in [0.29, 0.717) is 41.8 Å². The van der Waals surface area contributed by atoms with E-state index in [0.717, 1.165) is 11.3 Å². The maximum absolute atomic E-state index is 12.5. The summed E-state index contributed by atoms with van der Waals surface area (Å²) in [6.07, 6.45) is 2.17. The van der Waals surface area contributed by atoms with Gasteiger partial charge in [-0.15, -0.1) is 11.3 Å². The van der Waals surface area contributed by atoms with Crippen molar-refractivity contribution in [1.82, 2.24) is 14.7 Å².